The molecule has 1 heterocycles. The minimum atomic E-state index is -2.95. The van der Waals surface area contributed by atoms with Gasteiger partial charge >= 0.3 is 0 Å². The van der Waals surface area contributed by atoms with Crippen LogP contribution in [0.25, 0.3) is 0 Å². The van der Waals surface area contributed by atoms with Gasteiger partial charge in [-0.2, -0.15) is 0 Å². The van der Waals surface area contributed by atoms with Crippen LogP contribution in [0, 0.1) is 0 Å². The molecular weight excluding hydrogens is 362 g/mol. The molecule has 27 heavy (non-hydrogen) atoms. The summed E-state index contributed by atoms with van der Waals surface area (Å²) in [6, 6.07) is 10.3. The molecule has 0 bridgehead atoms. The van der Waals surface area contributed by atoms with E-state index in [-0.39, 0.29) is 11.8 Å². The fourth-order valence-corrected chi connectivity index (χ4v) is 3.46. The first-order valence-corrected chi connectivity index (χ1v) is 11.1. The van der Waals surface area contributed by atoms with E-state index in [1.807, 2.05) is 37.5 Å². The summed E-state index contributed by atoms with van der Waals surface area (Å²) in [5.41, 5.74) is 1.24. The molecule has 2 N–H and O–H groups in total. The van der Waals surface area contributed by atoms with Gasteiger partial charge < -0.3 is 15.2 Å². The minimum Gasteiger partial charge on any atom is -0.356 e. The Morgan fingerprint density at radius 1 is 1.30 bits per heavy atom. The quantitative estimate of drug-likeness (QED) is 0.499. The third-order valence-corrected chi connectivity index (χ3v) is 5.14. The van der Waals surface area contributed by atoms with Crippen LogP contribution in [0.5, 0.6) is 0 Å². The van der Waals surface area contributed by atoms with Gasteiger partial charge in [-0.05, 0) is 18.9 Å². The van der Waals surface area contributed by atoms with E-state index in [4.69, 9.17) is 0 Å². The second-order valence-corrected chi connectivity index (χ2v) is 8.93. The van der Waals surface area contributed by atoms with Gasteiger partial charge in [-0.25, -0.2) is 13.4 Å². The van der Waals surface area contributed by atoms with Crippen molar-refractivity contribution in [1.29, 1.82) is 0 Å². The molecule has 0 saturated carbocycles. The van der Waals surface area contributed by atoms with Gasteiger partial charge in [0.05, 0.1) is 5.75 Å². The Labute approximate surface area is 161 Å². The number of nitrogens with zero attached hydrogens (tertiary/aromatic N) is 3. The van der Waals surface area contributed by atoms with Crippen molar-refractivity contribution in [3.8, 4) is 0 Å². The molecule has 1 unspecified atom stereocenters. The summed E-state index contributed by atoms with van der Waals surface area (Å²) in [6.45, 7) is 3.43. The highest BCUT2D eigenvalue weighted by Crippen LogP contribution is 2.06. The van der Waals surface area contributed by atoms with Crippen molar-refractivity contribution < 1.29 is 8.42 Å². The van der Waals surface area contributed by atoms with Crippen molar-refractivity contribution in [2.75, 3.05) is 25.6 Å². The number of hydrogen-bond acceptors (Lipinski definition) is 4. The van der Waals surface area contributed by atoms with E-state index < -0.39 is 9.84 Å². The molecule has 2 aromatic rings. The van der Waals surface area contributed by atoms with Crippen LogP contribution in [0.1, 0.15) is 24.7 Å². The van der Waals surface area contributed by atoms with E-state index in [1.54, 1.807) is 7.05 Å². The van der Waals surface area contributed by atoms with Gasteiger partial charge in [-0.15, -0.1) is 0 Å². The van der Waals surface area contributed by atoms with Crippen LogP contribution in [0.3, 0.4) is 0 Å². The standard InChI is InChI=1S/C19H29N5O2S/c1-16(10-14-27(3,25)26)23-19(20-2)22-11-9-18-21-12-13-24(18)15-17-7-5-4-6-8-17/h4-8,12-13,16H,9-11,14-15H2,1-3H3,(H2,20,22,23). The van der Waals surface area contributed by atoms with Crippen molar-refractivity contribution in [1.82, 2.24) is 20.2 Å². The van der Waals surface area contributed by atoms with Gasteiger partial charge in [-0.3, -0.25) is 4.99 Å². The summed E-state index contributed by atoms with van der Waals surface area (Å²) in [6.07, 6.45) is 6.37. The summed E-state index contributed by atoms with van der Waals surface area (Å²) >= 11 is 0. The second-order valence-electron chi connectivity index (χ2n) is 6.67. The van der Waals surface area contributed by atoms with Gasteiger partial charge in [-0.1, -0.05) is 30.3 Å². The van der Waals surface area contributed by atoms with E-state index in [0.717, 1.165) is 18.8 Å². The number of benzene rings is 1. The van der Waals surface area contributed by atoms with Crippen molar-refractivity contribution in [2.24, 2.45) is 4.99 Å². The number of sulfone groups is 1. The Hall–Kier alpha value is -2.35. The van der Waals surface area contributed by atoms with E-state index >= 15 is 0 Å². The number of imidazole rings is 1. The SMILES string of the molecule is CN=C(NCCc1nccn1Cc1ccccc1)NC(C)CCS(C)(=O)=O. The number of nitrogens with one attached hydrogen (secondary N) is 2. The molecule has 8 heteroatoms. The molecule has 1 aromatic carbocycles. The Morgan fingerprint density at radius 2 is 2.04 bits per heavy atom. The first kappa shape index (κ1) is 21.0. The minimum absolute atomic E-state index is 0.0194. The lowest BCUT2D eigenvalue weighted by atomic mass is 10.2. The molecule has 0 aliphatic carbocycles. The molecule has 1 aromatic heterocycles. The molecule has 148 valence electrons. The number of rotatable bonds is 9. The Bertz CT molecular complexity index is 831. The predicted octanol–water partition coefficient (Wildman–Crippen LogP) is 1.46. The molecule has 1 atom stereocenters. The Balaban J connectivity index is 1.80. The maximum absolute atomic E-state index is 11.3. The van der Waals surface area contributed by atoms with E-state index in [9.17, 15) is 8.42 Å². The van der Waals surface area contributed by atoms with E-state index in [1.165, 1.54) is 11.8 Å². The van der Waals surface area contributed by atoms with E-state index in [2.05, 4.69) is 37.3 Å². The van der Waals surface area contributed by atoms with Gasteiger partial charge in [0.1, 0.15) is 15.7 Å². The van der Waals surface area contributed by atoms with Crippen LogP contribution >= 0.6 is 0 Å². The zero-order valence-electron chi connectivity index (χ0n) is 16.2. The summed E-state index contributed by atoms with van der Waals surface area (Å²) in [7, 11) is -1.25. The van der Waals surface area contributed by atoms with Crippen LogP contribution in [0.15, 0.2) is 47.7 Å². The maximum atomic E-state index is 11.3. The van der Waals surface area contributed by atoms with Gasteiger partial charge in [0, 0.05) is 51.2 Å². The van der Waals surface area contributed by atoms with Crippen molar-refractivity contribution >= 4 is 15.8 Å². The lowest BCUT2D eigenvalue weighted by molar-refractivity contribution is 0.580. The number of aromatic nitrogens is 2. The predicted molar refractivity (Wildman–Crippen MR) is 110 cm³/mol. The van der Waals surface area contributed by atoms with Gasteiger partial charge in [0.15, 0.2) is 5.96 Å². The van der Waals surface area contributed by atoms with Crippen LogP contribution in [-0.2, 0) is 22.8 Å². The fourth-order valence-electron chi connectivity index (χ4n) is 2.68. The zero-order chi connectivity index (χ0) is 19.7. The average Bonchev–Trinajstić information content (AvgIpc) is 3.06. The molecule has 7 nitrogen and oxygen atoms in total. The molecule has 0 radical (unpaired) electrons. The monoisotopic (exact) mass is 391 g/mol. The normalized spacial score (nSPS) is 13.4. The largest absolute Gasteiger partial charge is 0.356 e. The molecule has 0 aliphatic rings. The third-order valence-electron chi connectivity index (χ3n) is 4.17. The smallest absolute Gasteiger partial charge is 0.191 e. The fraction of sp³-hybridized carbons (Fsp3) is 0.474. The first-order chi connectivity index (χ1) is 12.9. The van der Waals surface area contributed by atoms with Crippen LogP contribution in [0.4, 0.5) is 0 Å². The van der Waals surface area contributed by atoms with Crippen molar-refractivity contribution in [3.05, 3.63) is 54.1 Å². The van der Waals surface area contributed by atoms with Crippen molar-refractivity contribution in [2.45, 2.75) is 32.4 Å². The molecule has 0 fully saturated rings. The molecule has 0 spiro atoms. The highest BCUT2D eigenvalue weighted by Gasteiger charge is 2.10. The highest BCUT2D eigenvalue weighted by atomic mass is 32.2. The molecular formula is C19H29N5O2S. The summed E-state index contributed by atoms with van der Waals surface area (Å²) in [4.78, 5) is 8.65. The topological polar surface area (TPSA) is 88.4 Å². The van der Waals surface area contributed by atoms with E-state index in [0.29, 0.717) is 18.9 Å². The molecule has 0 aliphatic heterocycles. The average molecular weight is 392 g/mol. The van der Waals surface area contributed by atoms with Crippen LogP contribution in [-0.4, -0.2) is 55.6 Å². The molecule has 2 rings (SSSR count). The molecule has 0 amide bonds. The number of guanidine groups is 1. The van der Waals surface area contributed by atoms with Crippen LogP contribution in [0.2, 0.25) is 0 Å². The number of hydrogen-bond donors (Lipinski definition) is 2. The lowest BCUT2D eigenvalue weighted by Gasteiger charge is -2.17. The van der Waals surface area contributed by atoms with Gasteiger partial charge in [0.2, 0.25) is 0 Å². The molecule has 0 saturated heterocycles. The first-order valence-electron chi connectivity index (χ1n) is 9.06. The summed E-state index contributed by atoms with van der Waals surface area (Å²) in [5, 5.41) is 6.48. The Kier molecular flexibility index (Phi) is 7.84. The highest BCUT2D eigenvalue weighted by molar-refractivity contribution is 7.90. The zero-order valence-corrected chi connectivity index (χ0v) is 17.0. The van der Waals surface area contributed by atoms with Crippen LogP contribution < -0.4 is 10.6 Å². The number of aliphatic imine (C=N–C) groups is 1. The van der Waals surface area contributed by atoms with Gasteiger partial charge in [0.25, 0.3) is 0 Å². The summed E-state index contributed by atoms with van der Waals surface area (Å²) < 4.78 is 24.7. The summed E-state index contributed by atoms with van der Waals surface area (Å²) in [5.74, 6) is 1.83. The Morgan fingerprint density at radius 3 is 2.70 bits per heavy atom. The second kappa shape index (κ2) is 10.1. The maximum Gasteiger partial charge on any atom is 0.191 e. The van der Waals surface area contributed by atoms with Crippen molar-refractivity contribution in [3.63, 3.8) is 0 Å². The lowest BCUT2D eigenvalue weighted by Crippen LogP contribution is -2.43. The third kappa shape index (κ3) is 7.82.